The average Bonchev–Trinajstić information content (AvgIpc) is 3.01. The topological polar surface area (TPSA) is 69.2 Å². The van der Waals surface area contributed by atoms with E-state index in [1.165, 1.54) is 25.3 Å². The van der Waals surface area contributed by atoms with Crippen LogP contribution in [-0.2, 0) is 6.42 Å². The van der Waals surface area contributed by atoms with Crippen LogP contribution in [0.3, 0.4) is 0 Å². The van der Waals surface area contributed by atoms with E-state index in [1.807, 2.05) is 0 Å². The third-order valence-electron chi connectivity index (χ3n) is 5.31. The number of hydrogen-bond donors (Lipinski definition) is 1. The lowest BCUT2D eigenvalue weighted by atomic mass is 9.69. The number of fused-ring (bicyclic) bond motifs is 2. The molecule has 0 saturated heterocycles. The molecule has 3 unspecified atom stereocenters. The molecule has 2 N–H and O–H groups in total. The lowest BCUT2D eigenvalue weighted by Gasteiger charge is -2.37. The van der Waals surface area contributed by atoms with Gasteiger partial charge in [-0.15, -0.1) is 0 Å². The lowest BCUT2D eigenvalue weighted by molar-refractivity contribution is -0.387. The summed E-state index contributed by atoms with van der Waals surface area (Å²) in [6.45, 7) is 0.538. The average molecular weight is 278 g/mol. The molecular weight excluding hydrogens is 259 g/mol. The number of halogens is 1. The Bertz CT molecular complexity index is 549. The maximum Gasteiger partial charge on any atom is 0.305 e. The van der Waals surface area contributed by atoms with Gasteiger partial charge in [0, 0.05) is 6.07 Å². The summed E-state index contributed by atoms with van der Waals surface area (Å²) in [7, 11) is 0. The van der Waals surface area contributed by atoms with E-state index in [0.717, 1.165) is 6.42 Å². The van der Waals surface area contributed by atoms with Crippen LogP contribution in [0.2, 0.25) is 0 Å². The van der Waals surface area contributed by atoms with Crippen molar-refractivity contribution in [1.29, 1.82) is 0 Å². The second-order valence-electron chi connectivity index (χ2n) is 6.33. The SMILES string of the molecule is NCC1(Cc2cccc([N+](=O)[O-])c2F)CC2CCC1C2. The number of nitro groups is 1. The van der Waals surface area contributed by atoms with E-state index in [-0.39, 0.29) is 5.41 Å². The van der Waals surface area contributed by atoms with Gasteiger partial charge in [0.15, 0.2) is 0 Å². The molecule has 108 valence electrons. The third kappa shape index (κ3) is 2.00. The smallest absolute Gasteiger partial charge is 0.305 e. The molecule has 0 radical (unpaired) electrons. The quantitative estimate of drug-likeness (QED) is 0.679. The first-order valence-corrected chi connectivity index (χ1v) is 7.17. The minimum atomic E-state index is -0.687. The molecule has 1 aromatic carbocycles. The van der Waals surface area contributed by atoms with Crippen LogP contribution >= 0.6 is 0 Å². The van der Waals surface area contributed by atoms with Crippen LogP contribution in [0.25, 0.3) is 0 Å². The van der Waals surface area contributed by atoms with Crippen LogP contribution in [0, 0.1) is 33.2 Å². The lowest BCUT2D eigenvalue weighted by Crippen LogP contribution is -2.38. The van der Waals surface area contributed by atoms with Crippen LogP contribution in [0.1, 0.15) is 31.2 Å². The van der Waals surface area contributed by atoms with Gasteiger partial charge in [-0.3, -0.25) is 10.1 Å². The maximum absolute atomic E-state index is 14.2. The Labute approximate surface area is 117 Å². The van der Waals surface area contributed by atoms with E-state index in [9.17, 15) is 14.5 Å². The van der Waals surface area contributed by atoms with Gasteiger partial charge in [-0.2, -0.15) is 4.39 Å². The standard InChI is InChI=1S/C15H19FN2O2/c16-14-11(2-1-3-13(14)18(19)20)8-15(9-17)7-10-4-5-12(15)6-10/h1-3,10,12H,4-9,17H2. The molecule has 4 nitrogen and oxygen atoms in total. The molecule has 0 amide bonds. The summed E-state index contributed by atoms with van der Waals surface area (Å²) < 4.78 is 14.2. The zero-order valence-electron chi connectivity index (χ0n) is 11.3. The van der Waals surface area contributed by atoms with Crippen LogP contribution in [0.4, 0.5) is 10.1 Å². The highest BCUT2D eigenvalue weighted by Gasteiger charge is 2.50. The van der Waals surface area contributed by atoms with Crippen molar-refractivity contribution in [2.45, 2.75) is 32.1 Å². The van der Waals surface area contributed by atoms with Gasteiger partial charge in [0.1, 0.15) is 0 Å². The van der Waals surface area contributed by atoms with Crippen molar-refractivity contribution < 1.29 is 9.31 Å². The fourth-order valence-corrected chi connectivity index (χ4v) is 4.32. The summed E-state index contributed by atoms with van der Waals surface area (Å²) in [6, 6.07) is 4.44. The molecule has 2 bridgehead atoms. The number of hydrogen-bond acceptors (Lipinski definition) is 3. The van der Waals surface area contributed by atoms with Gasteiger partial charge in [0.05, 0.1) is 4.92 Å². The number of nitrogens with zero attached hydrogens (tertiary/aromatic N) is 1. The molecule has 0 aliphatic heterocycles. The largest absolute Gasteiger partial charge is 0.330 e. The summed E-state index contributed by atoms with van der Waals surface area (Å²) >= 11 is 0. The Kier molecular flexibility index (Phi) is 3.24. The van der Waals surface area contributed by atoms with Gasteiger partial charge in [-0.05, 0) is 55.0 Å². The first-order valence-electron chi connectivity index (χ1n) is 7.17. The van der Waals surface area contributed by atoms with Gasteiger partial charge in [0.25, 0.3) is 0 Å². The number of nitro benzene ring substituents is 1. The Hall–Kier alpha value is -1.49. The molecule has 2 fully saturated rings. The summed E-state index contributed by atoms with van der Waals surface area (Å²) in [5.74, 6) is 0.578. The fraction of sp³-hybridized carbons (Fsp3) is 0.600. The van der Waals surface area contributed by atoms with Crippen molar-refractivity contribution in [3.63, 3.8) is 0 Å². The first-order chi connectivity index (χ1) is 9.55. The first kappa shape index (κ1) is 13.5. The van der Waals surface area contributed by atoms with Crippen LogP contribution in [0.15, 0.2) is 18.2 Å². The number of rotatable bonds is 4. The molecule has 3 rings (SSSR count). The maximum atomic E-state index is 14.2. The number of nitrogens with two attached hydrogens (primary N) is 1. The molecule has 2 saturated carbocycles. The van der Waals surface area contributed by atoms with Crippen molar-refractivity contribution >= 4 is 5.69 Å². The Morgan fingerprint density at radius 1 is 1.45 bits per heavy atom. The number of benzene rings is 1. The summed E-state index contributed by atoms with van der Waals surface area (Å²) in [6.07, 6.45) is 5.17. The van der Waals surface area contributed by atoms with Gasteiger partial charge in [0.2, 0.25) is 5.82 Å². The molecular formula is C15H19FN2O2. The molecule has 0 aromatic heterocycles. The van der Waals surface area contributed by atoms with Gasteiger partial charge in [-0.1, -0.05) is 18.6 Å². The van der Waals surface area contributed by atoms with Gasteiger partial charge in [-0.25, -0.2) is 0 Å². The van der Waals surface area contributed by atoms with Crippen molar-refractivity contribution in [3.05, 3.63) is 39.7 Å². The van der Waals surface area contributed by atoms with E-state index in [2.05, 4.69) is 0 Å². The summed E-state index contributed by atoms with van der Waals surface area (Å²) in [4.78, 5) is 10.2. The van der Waals surface area contributed by atoms with E-state index < -0.39 is 16.4 Å². The van der Waals surface area contributed by atoms with E-state index >= 15 is 0 Å². The zero-order chi connectivity index (χ0) is 14.3. The zero-order valence-corrected chi connectivity index (χ0v) is 11.3. The Morgan fingerprint density at radius 3 is 2.80 bits per heavy atom. The minimum Gasteiger partial charge on any atom is -0.330 e. The highest BCUT2D eigenvalue weighted by atomic mass is 19.1. The summed E-state index contributed by atoms with van der Waals surface area (Å²) in [5.41, 5.74) is 5.95. The molecule has 3 atom stereocenters. The Balaban J connectivity index is 1.91. The third-order valence-corrected chi connectivity index (χ3v) is 5.31. The van der Waals surface area contributed by atoms with Gasteiger partial charge >= 0.3 is 5.69 Å². The molecule has 20 heavy (non-hydrogen) atoms. The Morgan fingerprint density at radius 2 is 2.25 bits per heavy atom. The van der Waals surface area contributed by atoms with E-state index in [1.54, 1.807) is 12.1 Å². The van der Waals surface area contributed by atoms with Crippen LogP contribution in [0.5, 0.6) is 0 Å². The fourth-order valence-electron chi connectivity index (χ4n) is 4.32. The second-order valence-corrected chi connectivity index (χ2v) is 6.33. The highest BCUT2D eigenvalue weighted by molar-refractivity contribution is 5.37. The van der Waals surface area contributed by atoms with Gasteiger partial charge < -0.3 is 5.73 Å². The van der Waals surface area contributed by atoms with Crippen molar-refractivity contribution in [2.75, 3.05) is 6.54 Å². The monoisotopic (exact) mass is 278 g/mol. The van der Waals surface area contributed by atoms with Crippen molar-refractivity contribution in [1.82, 2.24) is 0 Å². The minimum absolute atomic E-state index is 0.0566. The van der Waals surface area contributed by atoms with E-state index in [0.29, 0.717) is 30.4 Å². The van der Waals surface area contributed by atoms with Crippen LogP contribution in [-0.4, -0.2) is 11.5 Å². The molecule has 2 aliphatic rings. The molecule has 1 aromatic rings. The summed E-state index contributed by atoms with van der Waals surface area (Å²) in [5, 5.41) is 10.8. The molecule has 0 heterocycles. The normalized spacial score (nSPS) is 31.7. The van der Waals surface area contributed by atoms with Crippen molar-refractivity contribution in [3.8, 4) is 0 Å². The predicted molar refractivity (Wildman–Crippen MR) is 73.7 cm³/mol. The highest BCUT2D eigenvalue weighted by Crippen LogP contribution is 2.57. The molecule has 0 spiro atoms. The van der Waals surface area contributed by atoms with Crippen molar-refractivity contribution in [2.24, 2.45) is 23.0 Å². The predicted octanol–water partition coefficient (Wildman–Crippen LogP) is 3.04. The molecule has 2 aliphatic carbocycles. The van der Waals surface area contributed by atoms with Crippen LogP contribution < -0.4 is 5.73 Å². The van der Waals surface area contributed by atoms with E-state index in [4.69, 9.17) is 5.73 Å². The molecule has 5 heteroatoms. The second kappa shape index (κ2) is 4.81.